The number of aromatic nitrogens is 2. The number of amides is 1. The van der Waals surface area contributed by atoms with Crippen LogP contribution in [0.2, 0.25) is 0 Å². The first-order valence-electron chi connectivity index (χ1n) is 10.1. The molecule has 7 nitrogen and oxygen atoms in total. The van der Waals surface area contributed by atoms with Crippen molar-refractivity contribution in [2.75, 3.05) is 42.2 Å². The van der Waals surface area contributed by atoms with Crippen molar-refractivity contribution in [2.24, 2.45) is 0 Å². The first-order chi connectivity index (χ1) is 14.5. The second-order valence-corrected chi connectivity index (χ2v) is 8.83. The fourth-order valence-electron chi connectivity index (χ4n) is 4.27. The van der Waals surface area contributed by atoms with Gasteiger partial charge in [-0.3, -0.25) is 9.78 Å². The lowest BCUT2D eigenvalue weighted by atomic mass is 10.1. The Labute approximate surface area is 178 Å². The van der Waals surface area contributed by atoms with Crippen molar-refractivity contribution in [3.8, 4) is 0 Å². The molecule has 2 N–H and O–H groups in total. The number of anilines is 3. The molecule has 1 aromatic carbocycles. The van der Waals surface area contributed by atoms with Crippen LogP contribution in [-0.4, -0.2) is 47.5 Å². The number of nitrogen functional groups attached to an aromatic ring is 1. The minimum atomic E-state index is -0.550. The molecule has 4 heterocycles. The molecule has 0 aliphatic carbocycles. The minimum absolute atomic E-state index is 0.0440. The molecule has 1 unspecified atom stereocenters. The molecule has 3 aliphatic rings. The molecule has 1 saturated heterocycles. The number of halogens is 1. The van der Waals surface area contributed by atoms with Crippen molar-refractivity contribution in [3.05, 3.63) is 52.7 Å². The van der Waals surface area contributed by atoms with Gasteiger partial charge >= 0.3 is 0 Å². The molecule has 156 valence electrons. The second-order valence-electron chi connectivity index (χ2n) is 7.74. The van der Waals surface area contributed by atoms with Crippen molar-refractivity contribution in [1.29, 1.82) is 0 Å². The highest BCUT2D eigenvalue weighted by Crippen LogP contribution is 2.49. The largest absolute Gasteiger partial charge is 0.396 e. The van der Waals surface area contributed by atoms with E-state index in [1.807, 2.05) is 13.2 Å². The SMILES string of the molecule is CN1C2=C(SC1c1cnc(N3CCCC3)cn1)C(=O)N(c1cccc(N)c1F)CC2. The smallest absolute Gasteiger partial charge is 0.266 e. The highest BCUT2D eigenvalue weighted by Gasteiger charge is 2.41. The number of hydrogen-bond acceptors (Lipinski definition) is 7. The van der Waals surface area contributed by atoms with Gasteiger partial charge in [0.05, 0.1) is 34.4 Å². The molecule has 0 spiro atoms. The molecule has 1 fully saturated rings. The lowest BCUT2D eigenvalue weighted by Gasteiger charge is -2.30. The molecule has 0 saturated carbocycles. The molecule has 0 radical (unpaired) electrons. The maximum Gasteiger partial charge on any atom is 0.266 e. The van der Waals surface area contributed by atoms with Gasteiger partial charge in [0.1, 0.15) is 11.2 Å². The highest BCUT2D eigenvalue weighted by atomic mass is 32.2. The summed E-state index contributed by atoms with van der Waals surface area (Å²) in [6, 6.07) is 4.76. The lowest BCUT2D eigenvalue weighted by Crippen LogP contribution is -2.38. The maximum absolute atomic E-state index is 14.5. The van der Waals surface area contributed by atoms with E-state index in [2.05, 4.69) is 19.8 Å². The Kier molecular flexibility index (Phi) is 4.77. The number of hydrogen-bond donors (Lipinski definition) is 1. The number of nitrogens with zero attached hydrogens (tertiary/aromatic N) is 5. The quantitative estimate of drug-likeness (QED) is 0.756. The number of carbonyl (C=O) groups excluding carboxylic acids is 1. The Morgan fingerprint density at radius 2 is 1.97 bits per heavy atom. The van der Waals surface area contributed by atoms with Crippen LogP contribution in [0.1, 0.15) is 30.3 Å². The van der Waals surface area contributed by atoms with Gasteiger partial charge in [-0.15, -0.1) is 0 Å². The maximum atomic E-state index is 14.5. The first kappa shape index (κ1) is 19.2. The van der Waals surface area contributed by atoms with Gasteiger partial charge in [0.15, 0.2) is 5.82 Å². The first-order valence-corrected chi connectivity index (χ1v) is 11.0. The standard InChI is InChI=1S/C21H23FN6OS/c1-26-16-7-10-28(15-6-4-5-13(23)18(15)22)20(29)19(16)30-21(26)14-11-25-17(12-24-14)27-8-2-3-9-27/h4-6,11-12,21H,2-3,7-10,23H2,1H3. The van der Waals surface area contributed by atoms with Gasteiger partial charge in [0.25, 0.3) is 5.91 Å². The van der Waals surface area contributed by atoms with Crippen LogP contribution in [0.4, 0.5) is 21.6 Å². The zero-order chi connectivity index (χ0) is 20.8. The Balaban J connectivity index is 1.37. The molecule has 5 rings (SSSR count). The van der Waals surface area contributed by atoms with Gasteiger partial charge in [-0.1, -0.05) is 17.8 Å². The van der Waals surface area contributed by atoms with Crippen LogP contribution in [0.5, 0.6) is 0 Å². The van der Waals surface area contributed by atoms with E-state index >= 15 is 0 Å². The van der Waals surface area contributed by atoms with E-state index in [9.17, 15) is 9.18 Å². The van der Waals surface area contributed by atoms with Crippen molar-refractivity contribution in [1.82, 2.24) is 14.9 Å². The number of benzene rings is 1. The predicted molar refractivity (Wildman–Crippen MR) is 116 cm³/mol. The van der Waals surface area contributed by atoms with Gasteiger partial charge in [-0.2, -0.15) is 0 Å². The molecular weight excluding hydrogens is 403 g/mol. The van der Waals surface area contributed by atoms with E-state index in [1.165, 1.54) is 35.6 Å². The Morgan fingerprint density at radius 1 is 1.17 bits per heavy atom. The van der Waals surface area contributed by atoms with Crippen LogP contribution in [0.15, 0.2) is 41.2 Å². The van der Waals surface area contributed by atoms with E-state index in [4.69, 9.17) is 5.73 Å². The molecule has 3 aliphatic heterocycles. The summed E-state index contributed by atoms with van der Waals surface area (Å²) >= 11 is 1.46. The second kappa shape index (κ2) is 7.46. The van der Waals surface area contributed by atoms with Gasteiger partial charge in [-0.05, 0) is 25.0 Å². The van der Waals surface area contributed by atoms with Gasteiger partial charge < -0.3 is 20.4 Å². The van der Waals surface area contributed by atoms with Gasteiger partial charge in [-0.25, -0.2) is 9.37 Å². The molecule has 1 atom stereocenters. The molecular formula is C21H23FN6OS. The summed E-state index contributed by atoms with van der Waals surface area (Å²) in [5.41, 5.74) is 7.76. The van der Waals surface area contributed by atoms with E-state index in [-0.39, 0.29) is 22.7 Å². The molecule has 1 aromatic heterocycles. The number of nitrogens with two attached hydrogens (primary N) is 1. The Hall–Kier alpha value is -2.81. The molecule has 0 bridgehead atoms. The molecule has 30 heavy (non-hydrogen) atoms. The summed E-state index contributed by atoms with van der Waals surface area (Å²) in [5, 5.41) is -0.121. The van der Waals surface area contributed by atoms with E-state index in [0.29, 0.717) is 17.9 Å². The summed E-state index contributed by atoms with van der Waals surface area (Å²) in [4.78, 5) is 28.9. The van der Waals surface area contributed by atoms with Crippen molar-refractivity contribution in [2.45, 2.75) is 24.6 Å². The number of rotatable bonds is 3. The zero-order valence-electron chi connectivity index (χ0n) is 16.7. The predicted octanol–water partition coefficient (Wildman–Crippen LogP) is 3.12. The van der Waals surface area contributed by atoms with E-state index < -0.39 is 5.82 Å². The lowest BCUT2D eigenvalue weighted by molar-refractivity contribution is -0.114. The summed E-state index contributed by atoms with van der Waals surface area (Å²) in [6.07, 6.45) is 6.65. The van der Waals surface area contributed by atoms with Gasteiger partial charge in [0, 0.05) is 38.8 Å². The molecule has 9 heteroatoms. The van der Waals surface area contributed by atoms with Crippen LogP contribution >= 0.6 is 11.8 Å². The fourth-order valence-corrected chi connectivity index (χ4v) is 5.61. The average molecular weight is 427 g/mol. The van der Waals surface area contributed by atoms with Crippen molar-refractivity contribution < 1.29 is 9.18 Å². The molecule has 2 aromatic rings. The summed E-state index contributed by atoms with van der Waals surface area (Å²) < 4.78 is 14.5. The third-order valence-electron chi connectivity index (χ3n) is 5.92. The third-order valence-corrected chi connectivity index (χ3v) is 7.35. The summed E-state index contributed by atoms with van der Waals surface area (Å²) in [6.45, 7) is 2.45. The number of thioether (sulfide) groups is 1. The zero-order valence-corrected chi connectivity index (χ0v) is 17.5. The normalized spacial score (nSPS) is 21.6. The Morgan fingerprint density at radius 3 is 2.70 bits per heavy atom. The van der Waals surface area contributed by atoms with Crippen LogP contribution < -0.4 is 15.5 Å². The topological polar surface area (TPSA) is 78.6 Å². The summed E-state index contributed by atoms with van der Waals surface area (Å²) in [7, 11) is 1.97. The highest BCUT2D eigenvalue weighted by molar-refractivity contribution is 8.04. The van der Waals surface area contributed by atoms with Crippen LogP contribution in [0.25, 0.3) is 0 Å². The monoisotopic (exact) mass is 426 g/mol. The van der Waals surface area contributed by atoms with Crippen LogP contribution in [0.3, 0.4) is 0 Å². The minimum Gasteiger partial charge on any atom is -0.396 e. The number of carbonyl (C=O) groups is 1. The summed E-state index contributed by atoms with van der Waals surface area (Å²) in [5.74, 6) is 0.159. The van der Waals surface area contributed by atoms with Crippen molar-refractivity contribution in [3.63, 3.8) is 0 Å². The van der Waals surface area contributed by atoms with Crippen molar-refractivity contribution >= 4 is 34.9 Å². The fraction of sp³-hybridized carbons (Fsp3) is 0.381. The Bertz CT molecular complexity index is 1020. The van der Waals surface area contributed by atoms with E-state index in [0.717, 1.165) is 30.3 Å². The van der Waals surface area contributed by atoms with E-state index in [1.54, 1.807) is 18.3 Å². The van der Waals surface area contributed by atoms with Crippen LogP contribution in [-0.2, 0) is 4.79 Å². The van der Waals surface area contributed by atoms with Gasteiger partial charge in [0.2, 0.25) is 0 Å². The third kappa shape index (κ3) is 3.08. The van der Waals surface area contributed by atoms with Crippen LogP contribution in [0, 0.1) is 5.82 Å². The average Bonchev–Trinajstić information content (AvgIpc) is 3.40. The molecule has 1 amide bonds.